The normalized spacial score (nSPS) is 20.0. The summed E-state index contributed by atoms with van der Waals surface area (Å²) in [6, 6.07) is 15.5. The van der Waals surface area contributed by atoms with Gasteiger partial charge in [0.15, 0.2) is 0 Å². The predicted molar refractivity (Wildman–Crippen MR) is 154 cm³/mol. The Balaban J connectivity index is 1.25. The summed E-state index contributed by atoms with van der Waals surface area (Å²) in [5.74, 6) is 8.60. The molecule has 0 unspecified atom stereocenters. The van der Waals surface area contributed by atoms with Crippen LogP contribution in [0.4, 0.5) is 10.5 Å². The Morgan fingerprint density at radius 2 is 1.69 bits per heavy atom. The zero-order valence-electron chi connectivity index (χ0n) is 22.5. The van der Waals surface area contributed by atoms with Crippen LogP contribution in [-0.4, -0.2) is 36.0 Å². The van der Waals surface area contributed by atoms with E-state index in [1.807, 2.05) is 12.1 Å². The Morgan fingerprint density at radius 3 is 2.36 bits per heavy atom. The third kappa shape index (κ3) is 5.25. The summed E-state index contributed by atoms with van der Waals surface area (Å²) in [7, 11) is 0. The van der Waals surface area contributed by atoms with Crippen molar-refractivity contribution in [1.29, 1.82) is 0 Å². The number of amides is 2. The minimum Gasteiger partial charge on any atom is -0.490 e. The molecule has 4 fully saturated rings. The Hall–Kier alpha value is -3.43. The molecule has 3 saturated carbocycles. The first-order valence-electron chi connectivity index (χ1n) is 14.8. The van der Waals surface area contributed by atoms with Crippen LogP contribution in [0.5, 0.6) is 5.75 Å². The number of urea groups is 1. The van der Waals surface area contributed by atoms with E-state index in [1.165, 1.54) is 55.1 Å². The molecule has 2 N–H and O–H groups in total. The standard InChI is InChI=1S/C33H37N3O3/c37-33(34-24-3-1-4-24)35-25-12-10-23(11-13-25)32-30(15-9-22-7-8-22)29-16-14-28(39-27-17-19-38-20-18-27)21-31(29)36(32)26-5-2-6-26/h10-14,16,21-22,24,26-27H,1-8,17-20H2,(H2,34,35,37). The monoisotopic (exact) mass is 523 g/mol. The summed E-state index contributed by atoms with van der Waals surface area (Å²) in [6.07, 6.45) is 11.4. The Bertz CT molecular complexity index is 1410. The zero-order chi connectivity index (χ0) is 26.2. The lowest BCUT2D eigenvalue weighted by molar-refractivity contribution is 0.0256. The number of fused-ring (bicyclic) bond motifs is 1. The largest absolute Gasteiger partial charge is 0.490 e. The van der Waals surface area contributed by atoms with Crippen LogP contribution in [0.2, 0.25) is 0 Å². The van der Waals surface area contributed by atoms with Gasteiger partial charge in [-0.3, -0.25) is 0 Å². The average Bonchev–Trinajstić information content (AvgIpc) is 3.68. The van der Waals surface area contributed by atoms with Gasteiger partial charge in [-0.15, -0.1) is 0 Å². The maximum Gasteiger partial charge on any atom is 0.319 e. The maximum atomic E-state index is 12.4. The molecule has 0 spiro atoms. The van der Waals surface area contributed by atoms with Crippen LogP contribution in [0.1, 0.15) is 75.8 Å². The fraction of sp³-hybridized carbons (Fsp3) is 0.485. The summed E-state index contributed by atoms with van der Waals surface area (Å²) in [6.45, 7) is 1.53. The number of rotatable bonds is 6. The summed E-state index contributed by atoms with van der Waals surface area (Å²) < 4.78 is 14.5. The van der Waals surface area contributed by atoms with E-state index in [2.05, 4.69) is 57.4 Å². The van der Waals surface area contributed by atoms with Crippen molar-refractivity contribution < 1.29 is 14.3 Å². The van der Waals surface area contributed by atoms with Crippen LogP contribution in [-0.2, 0) is 4.74 Å². The molecular formula is C33H37N3O3. The van der Waals surface area contributed by atoms with Gasteiger partial charge in [0.05, 0.1) is 30.0 Å². The number of nitrogens with zero attached hydrogens (tertiary/aromatic N) is 1. The van der Waals surface area contributed by atoms with E-state index < -0.39 is 0 Å². The maximum absolute atomic E-state index is 12.4. The molecule has 2 heterocycles. The Morgan fingerprint density at radius 1 is 0.923 bits per heavy atom. The quantitative estimate of drug-likeness (QED) is 0.341. The van der Waals surface area contributed by atoms with Crippen molar-refractivity contribution in [3.63, 3.8) is 0 Å². The minimum absolute atomic E-state index is 0.121. The van der Waals surface area contributed by atoms with Gasteiger partial charge in [-0.25, -0.2) is 4.79 Å². The molecule has 2 amide bonds. The van der Waals surface area contributed by atoms with Crippen LogP contribution in [0.25, 0.3) is 22.2 Å². The van der Waals surface area contributed by atoms with Crippen molar-refractivity contribution in [1.82, 2.24) is 9.88 Å². The second kappa shape index (κ2) is 10.6. The number of nitrogens with one attached hydrogen (secondary N) is 2. The van der Waals surface area contributed by atoms with Gasteiger partial charge in [0.2, 0.25) is 0 Å². The first kappa shape index (κ1) is 24.6. The Kier molecular flexibility index (Phi) is 6.70. The lowest BCUT2D eigenvalue weighted by Crippen LogP contribution is -2.41. The molecule has 0 atom stereocenters. The summed E-state index contributed by atoms with van der Waals surface area (Å²) >= 11 is 0. The van der Waals surface area contributed by atoms with Crippen LogP contribution < -0.4 is 15.4 Å². The second-order valence-corrected chi connectivity index (χ2v) is 11.6. The van der Waals surface area contributed by atoms with Crippen molar-refractivity contribution in [2.45, 2.75) is 82.4 Å². The molecule has 6 heteroatoms. The molecule has 3 aliphatic carbocycles. The van der Waals surface area contributed by atoms with Gasteiger partial charge in [-0.1, -0.05) is 24.0 Å². The van der Waals surface area contributed by atoms with Gasteiger partial charge in [0, 0.05) is 48.0 Å². The number of anilines is 1. The van der Waals surface area contributed by atoms with Gasteiger partial charge in [-0.05, 0) is 81.2 Å². The number of carbonyl (C=O) groups is 1. The lowest BCUT2D eigenvalue weighted by Gasteiger charge is -2.30. The van der Waals surface area contributed by atoms with E-state index in [4.69, 9.17) is 9.47 Å². The highest BCUT2D eigenvalue weighted by Gasteiger charge is 2.28. The third-order valence-electron chi connectivity index (χ3n) is 8.72. The number of hydrogen-bond acceptors (Lipinski definition) is 3. The first-order chi connectivity index (χ1) is 19.2. The highest BCUT2D eigenvalue weighted by atomic mass is 16.5. The SMILES string of the molecule is O=C(Nc1ccc(-c2c(C#CC3CC3)c3ccc(OC4CCOCC4)cc3n2C2CCC2)cc1)NC1CCC1. The highest BCUT2D eigenvalue weighted by Crippen LogP contribution is 2.44. The average molecular weight is 524 g/mol. The van der Waals surface area contributed by atoms with Gasteiger partial charge in [0.1, 0.15) is 11.9 Å². The van der Waals surface area contributed by atoms with E-state index in [0.717, 1.165) is 61.5 Å². The number of hydrogen-bond donors (Lipinski definition) is 2. The molecule has 7 rings (SSSR count). The van der Waals surface area contributed by atoms with Crippen molar-refractivity contribution in [3.05, 3.63) is 48.0 Å². The van der Waals surface area contributed by atoms with Crippen LogP contribution in [0.3, 0.4) is 0 Å². The summed E-state index contributed by atoms with van der Waals surface area (Å²) in [4.78, 5) is 12.4. The molecule has 202 valence electrons. The fourth-order valence-corrected chi connectivity index (χ4v) is 5.80. The van der Waals surface area contributed by atoms with Crippen molar-refractivity contribution >= 4 is 22.6 Å². The van der Waals surface area contributed by atoms with E-state index in [9.17, 15) is 4.79 Å². The molecule has 0 bridgehead atoms. The Labute approximate surface area is 230 Å². The number of benzene rings is 2. The molecule has 3 aromatic rings. The molecule has 2 aromatic carbocycles. The fourth-order valence-electron chi connectivity index (χ4n) is 5.80. The van der Waals surface area contributed by atoms with Gasteiger partial charge < -0.3 is 24.7 Å². The molecule has 6 nitrogen and oxygen atoms in total. The highest BCUT2D eigenvalue weighted by molar-refractivity contribution is 5.96. The molecule has 4 aliphatic rings. The van der Waals surface area contributed by atoms with Crippen molar-refractivity contribution in [2.24, 2.45) is 5.92 Å². The van der Waals surface area contributed by atoms with Crippen molar-refractivity contribution in [2.75, 3.05) is 18.5 Å². The zero-order valence-corrected chi connectivity index (χ0v) is 22.5. The van der Waals surface area contributed by atoms with E-state index in [0.29, 0.717) is 18.0 Å². The smallest absolute Gasteiger partial charge is 0.319 e. The number of carbonyl (C=O) groups excluding carboxylic acids is 1. The number of aromatic nitrogens is 1. The van der Waals surface area contributed by atoms with E-state index in [1.54, 1.807) is 0 Å². The molecule has 1 saturated heterocycles. The molecule has 39 heavy (non-hydrogen) atoms. The van der Waals surface area contributed by atoms with Crippen LogP contribution in [0.15, 0.2) is 42.5 Å². The molecule has 0 radical (unpaired) electrons. The van der Waals surface area contributed by atoms with Gasteiger partial charge in [-0.2, -0.15) is 0 Å². The van der Waals surface area contributed by atoms with Crippen molar-refractivity contribution in [3.8, 4) is 28.8 Å². The topological polar surface area (TPSA) is 64.5 Å². The van der Waals surface area contributed by atoms with Crippen LogP contribution >= 0.6 is 0 Å². The predicted octanol–water partition coefficient (Wildman–Crippen LogP) is 7.03. The lowest BCUT2D eigenvalue weighted by atomic mass is 9.92. The molecule has 1 aromatic heterocycles. The van der Waals surface area contributed by atoms with E-state index >= 15 is 0 Å². The van der Waals surface area contributed by atoms with E-state index in [-0.39, 0.29) is 12.1 Å². The minimum atomic E-state index is -0.121. The summed E-state index contributed by atoms with van der Waals surface area (Å²) in [5, 5.41) is 7.26. The molecular weight excluding hydrogens is 486 g/mol. The molecule has 1 aliphatic heterocycles. The first-order valence-corrected chi connectivity index (χ1v) is 14.8. The van der Waals surface area contributed by atoms with Gasteiger partial charge in [0.25, 0.3) is 0 Å². The summed E-state index contributed by atoms with van der Waals surface area (Å²) in [5.41, 5.74) is 5.46. The van der Waals surface area contributed by atoms with Crippen LogP contribution in [0, 0.1) is 17.8 Å². The second-order valence-electron chi connectivity index (χ2n) is 11.6. The third-order valence-corrected chi connectivity index (χ3v) is 8.72. The van der Waals surface area contributed by atoms with Gasteiger partial charge >= 0.3 is 6.03 Å². The number of ether oxygens (including phenoxy) is 2.